The van der Waals surface area contributed by atoms with Gasteiger partial charge in [0.2, 0.25) is 5.91 Å². The molecule has 0 aliphatic carbocycles. The van der Waals surface area contributed by atoms with Crippen LogP contribution in [0.4, 0.5) is 5.69 Å². The quantitative estimate of drug-likeness (QED) is 0.597. The number of guanidine groups is 1. The fourth-order valence-electron chi connectivity index (χ4n) is 3.33. The lowest BCUT2D eigenvalue weighted by molar-refractivity contribution is -0.117. The first-order chi connectivity index (χ1) is 13.7. The maximum absolute atomic E-state index is 12.8. The molecule has 1 heterocycles. The number of aryl methyl sites for hydroxylation is 1. The lowest BCUT2D eigenvalue weighted by atomic mass is 10.0. The zero-order valence-corrected chi connectivity index (χ0v) is 16.6. The van der Waals surface area contributed by atoms with E-state index in [0.717, 1.165) is 42.9 Å². The zero-order chi connectivity index (χ0) is 19.8. The molecule has 1 aliphatic rings. The van der Waals surface area contributed by atoms with Crippen LogP contribution in [-0.4, -0.2) is 38.6 Å². The molecule has 2 aromatic rings. The highest BCUT2D eigenvalue weighted by Crippen LogP contribution is 2.26. The van der Waals surface area contributed by atoms with Gasteiger partial charge in [-0.2, -0.15) is 0 Å². The van der Waals surface area contributed by atoms with Gasteiger partial charge in [-0.1, -0.05) is 30.3 Å². The van der Waals surface area contributed by atoms with E-state index in [4.69, 9.17) is 4.74 Å². The molecular weight excluding hydrogens is 352 g/mol. The fraction of sp³-hybridized carbons (Fsp3) is 0.364. The standard InChI is InChI=1S/C22H28N4O2/c1-3-23-22(24-15-17-8-6-11-19(14-17)28-2)25-16-21(27)26-13-7-10-18-9-4-5-12-20(18)26/h4-6,8-9,11-12,14H,3,7,10,13,15-16H2,1-2H3,(H2,23,24,25). The molecule has 6 nitrogen and oxygen atoms in total. The van der Waals surface area contributed by atoms with E-state index in [-0.39, 0.29) is 12.5 Å². The van der Waals surface area contributed by atoms with E-state index in [1.165, 1.54) is 5.56 Å². The van der Waals surface area contributed by atoms with Gasteiger partial charge in [-0.15, -0.1) is 0 Å². The van der Waals surface area contributed by atoms with Crippen molar-refractivity contribution in [2.24, 2.45) is 4.99 Å². The molecule has 0 bridgehead atoms. The summed E-state index contributed by atoms with van der Waals surface area (Å²) in [7, 11) is 1.65. The Morgan fingerprint density at radius 3 is 2.86 bits per heavy atom. The van der Waals surface area contributed by atoms with E-state index < -0.39 is 0 Å². The van der Waals surface area contributed by atoms with Crippen LogP contribution < -0.4 is 20.3 Å². The van der Waals surface area contributed by atoms with Gasteiger partial charge < -0.3 is 20.3 Å². The predicted octanol–water partition coefficient (Wildman–Crippen LogP) is 2.73. The van der Waals surface area contributed by atoms with E-state index in [0.29, 0.717) is 12.5 Å². The average molecular weight is 380 g/mol. The smallest absolute Gasteiger partial charge is 0.246 e. The maximum Gasteiger partial charge on any atom is 0.246 e. The molecule has 0 unspecified atom stereocenters. The van der Waals surface area contributed by atoms with E-state index in [1.807, 2.05) is 54.3 Å². The Balaban J connectivity index is 1.62. The van der Waals surface area contributed by atoms with Crippen LogP contribution in [0.3, 0.4) is 0 Å². The van der Waals surface area contributed by atoms with Crippen molar-refractivity contribution in [2.45, 2.75) is 26.3 Å². The van der Waals surface area contributed by atoms with Crippen LogP contribution in [0.15, 0.2) is 53.5 Å². The average Bonchev–Trinajstić information content (AvgIpc) is 2.75. The van der Waals surface area contributed by atoms with Crippen molar-refractivity contribution >= 4 is 17.6 Å². The normalized spacial score (nSPS) is 13.6. The van der Waals surface area contributed by atoms with E-state index in [1.54, 1.807) is 7.11 Å². The molecule has 2 aromatic carbocycles. The summed E-state index contributed by atoms with van der Waals surface area (Å²) in [6.45, 7) is 4.21. The third-order valence-corrected chi connectivity index (χ3v) is 4.72. The summed E-state index contributed by atoms with van der Waals surface area (Å²) in [5, 5.41) is 6.36. The van der Waals surface area contributed by atoms with Crippen LogP contribution in [-0.2, 0) is 17.8 Å². The molecule has 0 aromatic heterocycles. The molecule has 0 fully saturated rings. The number of anilines is 1. The number of hydrogen-bond donors (Lipinski definition) is 2. The van der Waals surface area contributed by atoms with Gasteiger partial charge >= 0.3 is 0 Å². The number of methoxy groups -OCH3 is 1. The van der Waals surface area contributed by atoms with Crippen molar-refractivity contribution in [1.82, 2.24) is 10.6 Å². The molecule has 0 spiro atoms. The van der Waals surface area contributed by atoms with Gasteiger partial charge in [0.05, 0.1) is 20.2 Å². The van der Waals surface area contributed by atoms with Crippen molar-refractivity contribution in [3.63, 3.8) is 0 Å². The highest BCUT2D eigenvalue weighted by Gasteiger charge is 2.21. The number of fused-ring (bicyclic) bond motifs is 1. The molecule has 1 aliphatic heterocycles. The van der Waals surface area contributed by atoms with Crippen LogP contribution in [0.1, 0.15) is 24.5 Å². The molecule has 0 radical (unpaired) electrons. The van der Waals surface area contributed by atoms with Gasteiger partial charge in [-0.25, -0.2) is 4.99 Å². The highest BCUT2D eigenvalue weighted by molar-refractivity contribution is 5.98. The molecule has 0 atom stereocenters. The van der Waals surface area contributed by atoms with E-state index in [9.17, 15) is 4.79 Å². The Kier molecular flexibility index (Phi) is 6.89. The zero-order valence-electron chi connectivity index (χ0n) is 16.6. The van der Waals surface area contributed by atoms with Crippen molar-refractivity contribution < 1.29 is 9.53 Å². The third kappa shape index (κ3) is 5.03. The van der Waals surface area contributed by atoms with Gasteiger partial charge in [0.1, 0.15) is 5.75 Å². The number of para-hydroxylation sites is 1. The number of rotatable bonds is 6. The first kappa shape index (κ1) is 19.7. The highest BCUT2D eigenvalue weighted by atomic mass is 16.5. The minimum atomic E-state index is 0.0548. The Morgan fingerprint density at radius 1 is 1.18 bits per heavy atom. The van der Waals surface area contributed by atoms with Crippen LogP contribution in [0, 0.1) is 0 Å². The summed E-state index contributed by atoms with van der Waals surface area (Å²) in [4.78, 5) is 19.3. The summed E-state index contributed by atoms with van der Waals surface area (Å²) >= 11 is 0. The van der Waals surface area contributed by atoms with Gasteiger partial charge in [0, 0.05) is 18.8 Å². The number of benzene rings is 2. The fourth-order valence-corrected chi connectivity index (χ4v) is 3.33. The van der Waals surface area contributed by atoms with Crippen molar-refractivity contribution in [2.75, 3.05) is 31.6 Å². The Hall–Kier alpha value is -3.02. The number of nitrogens with one attached hydrogen (secondary N) is 2. The topological polar surface area (TPSA) is 66.0 Å². The number of carbonyl (C=O) groups is 1. The third-order valence-electron chi connectivity index (χ3n) is 4.72. The number of nitrogens with zero attached hydrogens (tertiary/aromatic N) is 2. The SMILES string of the molecule is CCNC(=NCc1cccc(OC)c1)NCC(=O)N1CCCc2ccccc21. The summed E-state index contributed by atoms with van der Waals surface area (Å²) in [5.74, 6) is 1.49. The minimum Gasteiger partial charge on any atom is -0.497 e. The number of hydrogen-bond acceptors (Lipinski definition) is 3. The second-order valence-electron chi connectivity index (χ2n) is 6.68. The molecule has 148 valence electrons. The first-order valence-corrected chi connectivity index (χ1v) is 9.74. The molecule has 6 heteroatoms. The van der Waals surface area contributed by atoms with Crippen LogP contribution in [0.25, 0.3) is 0 Å². The van der Waals surface area contributed by atoms with E-state index >= 15 is 0 Å². The van der Waals surface area contributed by atoms with Crippen LogP contribution in [0.5, 0.6) is 5.75 Å². The number of carbonyl (C=O) groups excluding carboxylic acids is 1. The summed E-state index contributed by atoms with van der Waals surface area (Å²) in [5.41, 5.74) is 3.31. The number of ether oxygens (including phenoxy) is 1. The monoisotopic (exact) mass is 380 g/mol. The largest absolute Gasteiger partial charge is 0.497 e. The number of amides is 1. The van der Waals surface area contributed by atoms with E-state index in [2.05, 4.69) is 21.7 Å². The molecule has 1 amide bonds. The summed E-state index contributed by atoms with van der Waals surface area (Å²) < 4.78 is 5.25. The molecule has 3 rings (SSSR count). The molecule has 0 saturated heterocycles. The Labute approximate surface area is 166 Å². The van der Waals surface area contributed by atoms with Crippen molar-refractivity contribution in [1.29, 1.82) is 0 Å². The molecule has 2 N–H and O–H groups in total. The predicted molar refractivity (Wildman–Crippen MR) is 113 cm³/mol. The Bertz CT molecular complexity index is 835. The number of aliphatic imine (C=N–C) groups is 1. The lowest BCUT2D eigenvalue weighted by Gasteiger charge is -2.29. The van der Waals surface area contributed by atoms with Gasteiger partial charge in [-0.05, 0) is 49.1 Å². The van der Waals surface area contributed by atoms with Gasteiger partial charge in [-0.3, -0.25) is 4.79 Å². The van der Waals surface area contributed by atoms with Gasteiger partial charge in [0.15, 0.2) is 5.96 Å². The lowest BCUT2D eigenvalue weighted by Crippen LogP contribution is -2.46. The summed E-state index contributed by atoms with van der Waals surface area (Å²) in [6.07, 6.45) is 2.02. The van der Waals surface area contributed by atoms with Crippen molar-refractivity contribution in [3.8, 4) is 5.75 Å². The molecule has 28 heavy (non-hydrogen) atoms. The van der Waals surface area contributed by atoms with Gasteiger partial charge in [0.25, 0.3) is 0 Å². The summed E-state index contributed by atoms with van der Waals surface area (Å²) in [6, 6.07) is 16.0. The van der Waals surface area contributed by atoms with Crippen LogP contribution in [0.2, 0.25) is 0 Å². The van der Waals surface area contributed by atoms with Crippen molar-refractivity contribution in [3.05, 3.63) is 59.7 Å². The minimum absolute atomic E-state index is 0.0548. The second kappa shape index (κ2) is 9.78. The molecular formula is C22H28N4O2. The maximum atomic E-state index is 12.8. The van der Waals surface area contributed by atoms with Crippen LogP contribution >= 0.6 is 0 Å². The second-order valence-corrected chi connectivity index (χ2v) is 6.68. The first-order valence-electron chi connectivity index (χ1n) is 9.74. The molecule has 0 saturated carbocycles. The Morgan fingerprint density at radius 2 is 2.04 bits per heavy atom.